The topological polar surface area (TPSA) is 42.9 Å². The van der Waals surface area contributed by atoms with Crippen molar-refractivity contribution in [3.8, 4) is 11.5 Å². The number of methoxy groups -OCH3 is 2. The van der Waals surface area contributed by atoms with Crippen LogP contribution in [0.25, 0.3) is 0 Å². The van der Waals surface area contributed by atoms with Crippen LogP contribution in [0.2, 0.25) is 0 Å². The fourth-order valence-corrected chi connectivity index (χ4v) is 6.94. The number of aliphatic imine (C=N–C) groups is 1. The lowest BCUT2D eigenvalue weighted by molar-refractivity contribution is -0.0136. The Labute approximate surface area is 166 Å². The highest BCUT2D eigenvalue weighted by Crippen LogP contribution is 2.61. The van der Waals surface area contributed by atoms with Gasteiger partial charge in [-0.1, -0.05) is 0 Å². The van der Waals surface area contributed by atoms with Crippen molar-refractivity contribution in [2.75, 3.05) is 14.2 Å². The number of nitrogens with zero attached hydrogens (tertiary/aromatic N) is 1. The van der Waals surface area contributed by atoms with Gasteiger partial charge in [0.1, 0.15) is 11.5 Å². The van der Waals surface area contributed by atoms with Crippen LogP contribution in [0.15, 0.2) is 23.2 Å². The molecule has 0 radical (unpaired) electrons. The summed E-state index contributed by atoms with van der Waals surface area (Å²) in [7, 11) is 3.42. The average Bonchev–Trinajstić information content (AvgIpc) is 2.66. The molecular formula is C22H28N2O2S. The van der Waals surface area contributed by atoms with Crippen LogP contribution >= 0.6 is 12.2 Å². The quantitative estimate of drug-likeness (QED) is 0.766. The maximum absolute atomic E-state index is 5.64. The SMILES string of the molecule is COc1ccc(OC)c(C2CC(C34CC5CC(CC(C5)C3)C4)=NC(=S)N2)c1. The molecule has 27 heavy (non-hydrogen) atoms. The van der Waals surface area contributed by atoms with E-state index >= 15 is 0 Å². The molecule has 1 atom stereocenters. The maximum Gasteiger partial charge on any atom is 0.193 e. The van der Waals surface area contributed by atoms with Crippen molar-refractivity contribution in [1.82, 2.24) is 5.32 Å². The highest BCUT2D eigenvalue weighted by atomic mass is 32.1. The molecule has 1 aromatic rings. The van der Waals surface area contributed by atoms with Crippen LogP contribution in [0.1, 0.15) is 56.6 Å². The van der Waals surface area contributed by atoms with E-state index in [-0.39, 0.29) is 6.04 Å². The van der Waals surface area contributed by atoms with Crippen LogP contribution in [-0.4, -0.2) is 25.0 Å². The second-order valence-electron chi connectivity index (χ2n) is 9.07. The van der Waals surface area contributed by atoms with Gasteiger partial charge in [0.2, 0.25) is 0 Å². The lowest BCUT2D eigenvalue weighted by Crippen LogP contribution is -2.52. The summed E-state index contributed by atoms with van der Waals surface area (Å²) in [6.07, 6.45) is 9.22. The molecule has 1 heterocycles. The van der Waals surface area contributed by atoms with E-state index in [4.69, 9.17) is 26.7 Å². The molecule has 4 nitrogen and oxygen atoms in total. The molecule has 4 saturated carbocycles. The third kappa shape index (κ3) is 2.95. The van der Waals surface area contributed by atoms with Gasteiger partial charge < -0.3 is 14.8 Å². The number of rotatable bonds is 4. The average molecular weight is 385 g/mol. The van der Waals surface area contributed by atoms with Crippen molar-refractivity contribution >= 4 is 23.0 Å². The molecule has 0 aromatic heterocycles. The Morgan fingerprint density at radius 3 is 2.30 bits per heavy atom. The summed E-state index contributed by atoms with van der Waals surface area (Å²) in [5, 5.41) is 4.06. The predicted octanol–water partition coefficient (Wildman–Crippen LogP) is 4.68. The summed E-state index contributed by atoms with van der Waals surface area (Å²) < 4.78 is 11.1. The first kappa shape index (κ1) is 17.5. The molecule has 4 aliphatic carbocycles. The Balaban J connectivity index is 1.48. The maximum atomic E-state index is 5.64. The molecule has 6 rings (SSSR count). The standard InChI is InChI=1S/C22H28N2O2S/c1-25-16-3-4-19(26-2)17(8-16)18-9-20(24-21(27)23-18)22-10-13-5-14(11-22)7-15(6-13)12-22/h3-4,8,13-15,18H,5-7,9-12H2,1-2H3,(H,23,27). The van der Waals surface area contributed by atoms with Gasteiger partial charge in [-0.2, -0.15) is 0 Å². The summed E-state index contributed by atoms with van der Waals surface area (Å²) >= 11 is 5.58. The van der Waals surface area contributed by atoms with Crippen LogP contribution < -0.4 is 14.8 Å². The largest absolute Gasteiger partial charge is 0.497 e. The third-order valence-corrected chi connectivity index (χ3v) is 7.60. The Bertz CT molecular complexity index is 768. The van der Waals surface area contributed by atoms with Crippen LogP contribution in [0.5, 0.6) is 11.5 Å². The zero-order chi connectivity index (χ0) is 18.6. The van der Waals surface area contributed by atoms with E-state index in [1.165, 1.54) is 44.2 Å². The van der Waals surface area contributed by atoms with Gasteiger partial charge in [0.25, 0.3) is 0 Å². The van der Waals surface area contributed by atoms with Crippen molar-refractivity contribution in [3.63, 3.8) is 0 Å². The predicted molar refractivity (Wildman–Crippen MR) is 111 cm³/mol. The number of benzene rings is 1. The molecule has 0 spiro atoms. The van der Waals surface area contributed by atoms with Crippen molar-refractivity contribution < 1.29 is 9.47 Å². The van der Waals surface area contributed by atoms with Gasteiger partial charge in [0.05, 0.1) is 20.3 Å². The molecule has 1 aromatic carbocycles. The van der Waals surface area contributed by atoms with Crippen molar-refractivity contribution in [3.05, 3.63) is 23.8 Å². The molecule has 1 aliphatic heterocycles. The second-order valence-corrected chi connectivity index (χ2v) is 9.46. The van der Waals surface area contributed by atoms with E-state index in [0.29, 0.717) is 10.5 Å². The lowest BCUT2D eigenvalue weighted by Gasteiger charge is -2.57. The number of thiocarbonyl (C=S) groups is 1. The van der Waals surface area contributed by atoms with E-state index in [2.05, 4.69) is 11.4 Å². The van der Waals surface area contributed by atoms with Gasteiger partial charge in [-0.05, 0) is 86.7 Å². The minimum Gasteiger partial charge on any atom is -0.497 e. The molecule has 1 unspecified atom stereocenters. The first-order chi connectivity index (χ1) is 13.1. The zero-order valence-corrected chi connectivity index (χ0v) is 17.0. The van der Waals surface area contributed by atoms with E-state index in [9.17, 15) is 0 Å². The molecular weight excluding hydrogens is 356 g/mol. The lowest BCUT2D eigenvalue weighted by atomic mass is 9.48. The molecule has 4 bridgehead atoms. The molecule has 1 N–H and O–H groups in total. The smallest absolute Gasteiger partial charge is 0.193 e. The molecule has 0 amide bonds. The van der Waals surface area contributed by atoms with E-state index in [0.717, 1.165) is 41.2 Å². The summed E-state index contributed by atoms with van der Waals surface area (Å²) in [4.78, 5) is 4.91. The minimum atomic E-state index is 0.100. The summed E-state index contributed by atoms with van der Waals surface area (Å²) in [6, 6.07) is 6.09. The van der Waals surface area contributed by atoms with Gasteiger partial charge in [-0.25, -0.2) is 4.99 Å². The number of hydrogen-bond donors (Lipinski definition) is 1. The Morgan fingerprint density at radius 2 is 1.70 bits per heavy atom. The Morgan fingerprint density at radius 1 is 1.04 bits per heavy atom. The fraction of sp³-hybridized carbons (Fsp3) is 0.636. The molecule has 0 saturated heterocycles. The summed E-state index contributed by atoms with van der Waals surface area (Å²) in [6.45, 7) is 0. The highest BCUT2D eigenvalue weighted by molar-refractivity contribution is 7.80. The number of hydrogen-bond acceptors (Lipinski definition) is 3. The van der Waals surface area contributed by atoms with Crippen LogP contribution in [0, 0.1) is 23.2 Å². The van der Waals surface area contributed by atoms with Gasteiger partial charge in [-0.3, -0.25) is 0 Å². The number of nitrogens with one attached hydrogen (secondary N) is 1. The molecule has 5 heteroatoms. The van der Waals surface area contributed by atoms with Crippen molar-refractivity contribution in [2.45, 2.75) is 51.0 Å². The van der Waals surface area contributed by atoms with Crippen molar-refractivity contribution in [1.29, 1.82) is 0 Å². The van der Waals surface area contributed by atoms with Gasteiger partial charge >= 0.3 is 0 Å². The monoisotopic (exact) mass is 384 g/mol. The molecule has 4 fully saturated rings. The van der Waals surface area contributed by atoms with E-state index in [1.54, 1.807) is 14.2 Å². The Kier molecular flexibility index (Phi) is 4.19. The van der Waals surface area contributed by atoms with Crippen LogP contribution in [0.4, 0.5) is 0 Å². The second kappa shape index (κ2) is 6.47. The van der Waals surface area contributed by atoms with Gasteiger partial charge in [0, 0.05) is 23.1 Å². The first-order valence-electron chi connectivity index (χ1n) is 10.2. The summed E-state index contributed by atoms with van der Waals surface area (Å²) in [5.74, 6) is 4.45. The van der Waals surface area contributed by atoms with Crippen LogP contribution in [0.3, 0.4) is 0 Å². The molecule has 144 valence electrons. The Hall–Kier alpha value is -1.62. The van der Waals surface area contributed by atoms with Crippen LogP contribution in [-0.2, 0) is 0 Å². The molecule has 5 aliphatic rings. The highest BCUT2D eigenvalue weighted by Gasteiger charge is 2.53. The summed E-state index contributed by atoms with van der Waals surface area (Å²) in [5.41, 5.74) is 2.75. The fourth-order valence-electron chi connectivity index (χ4n) is 6.69. The first-order valence-corrected chi connectivity index (χ1v) is 10.6. The zero-order valence-electron chi connectivity index (χ0n) is 16.2. The van der Waals surface area contributed by atoms with E-state index in [1.807, 2.05) is 12.1 Å². The minimum absolute atomic E-state index is 0.100. The van der Waals surface area contributed by atoms with Crippen molar-refractivity contribution in [2.24, 2.45) is 28.2 Å². The third-order valence-electron chi connectivity index (χ3n) is 7.39. The normalized spacial score (nSPS) is 37.0. The number of ether oxygens (including phenoxy) is 2. The van der Waals surface area contributed by atoms with Gasteiger partial charge in [0.15, 0.2) is 5.11 Å². The van der Waals surface area contributed by atoms with Gasteiger partial charge in [-0.15, -0.1) is 0 Å². The van der Waals surface area contributed by atoms with E-state index < -0.39 is 0 Å².